The third kappa shape index (κ3) is 3.19. The lowest BCUT2D eigenvalue weighted by molar-refractivity contribution is -0.387. The zero-order valence-corrected chi connectivity index (χ0v) is 14.0. The molecule has 0 saturated carbocycles. The average Bonchev–Trinajstić information content (AvgIpc) is 2.51. The molecule has 0 heterocycles. The molecule has 0 saturated heterocycles. The number of nitrogens with zero attached hydrogens (tertiary/aromatic N) is 2. The number of hydrogen-bond donors (Lipinski definition) is 0. The summed E-state index contributed by atoms with van der Waals surface area (Å²) in [5.74, 6) is 0. The lowest BCUT2D eigenvalue weighted by atomic mass is 10.1. The van der Waals surface area contributed by atoms with E-state index in [0.717, 1.165) is 11.1 Å². The minimum Gasteiger partial charge on any atom is -0.266 e. The van der Waals surface area contributed by atoms with Crippen LogP contribution in [0, 0.1) is 24.0 Å². The standard InChI is InChI=1S/C16H18N2O4S/c1-4-17(14-10-9-12(2)13(3)11-14)23(21,22)16-8-6-5-7-15(16)18(19)20/h5-11H,4H2,1-3H3. The molecular formula is C16H18N2O4S. The minimum absolute atomic E-state index is 0.177. The molecule has 0 atom stereocenters. The topological polar surface area (TPSA) is 80.5 Å². The molecule has 2 rings (SSSR count). The van der Waals surface area contributed by atoms with Gasteiger partial charge in [0.1, 0.15) is 0 Å². The fourth-order valence-electron chi connectivity index (χ4n) is 2.32. The van der Waals surface area contributed by atoms with E-state index in [0.29, 0.717) is 5.69 Å². The van der Waals surface area contributed by atoms with Crippen molar-refractivity contribution in [1.29, 1.82) is 0 Å². The van der Waals surface area contributed by atoms with Crippen molar-refractivity contribution in [2.45, 2.75) is 25.7 Å². The molecular weight excluding hydrogens is 316 g/mol. The number of rotatable bonds is 5. The van der Waals surface area contributed by atoms with Crippen LogP contribution in [0.2, 0.25) is 0 Å². The average molecular weight is 334 g/mol. The highest BCUT2D eigenvalue weighted by Gasteiger charge is 2.30. The zero-order chi connectivity index (χ0) is 17.2. The molecule has 0 aliphatic heterocycles. The van der Waals surface area contributed by atoms with Crippen molar-refractivity contribution in [2.75, 3.05) is 10.8 Å². The van der Waals surface area contributed by atoms with Crippen LogP contribution in [0.1, 0.15) is 18.1 Å². The third-order valence-corrected chi connectivity index (χ3v) is 5.65. The van der Waals surface area contributed by atoms with Gasteiger partial charge in [-0.05, 0) is 50.1 Å². The molecule has 0 aromatic heterocycles. The van der Waals surface area contributed by atoms with Gasteiger partial charge in [-0.3, -0.25) is 14.4 Å². The third-order valence-electron chi connectivity index (χ3n) is 3.70. The second kappa shape index (κ2) is 6.37. The Kier molecular flexibility index (Phi) is 4.70. The molecule has 0 aliphatic carbocycles. The maximum Gasteiger partial charge on any atom is 0.289 e. The molecule has 6 nitrogen and oxygen atoms in total. The molecule has 0 radical (unpaired) electrons. The highest BCUT2D eigenvalue weighted by atomic mass is 32.2. The van der Waals surface area contributed by atoms with Gasteiger partial charge in [0.05, 0.1) is 10.6 Å². The van der Waals surface area contributed by atoms with Crippen molar-refractivity contribution in [3.8, 4) is 0 Å². The lowest BCUT2D eigenvalue weighted by Crippen LogP contribution is -2.31. The predicted molar refractivity (Wildman–Crippen MR) is 89.2 cm³/mol. The maximum atomic E-state index is 12.9. The number of hydrogen-bond acceptors (Lipinski definition) is 4. The fourth-order valence-corrected chi connectivity index (χ4v) is 3.94. The first-order chi connectivity index (χ1) is 10.8. The Labute approximate surface area is 135 Å². The van der Waals surface area contributed by atoms with Gasteiger partial charge in [0.2, 0.25) is 0 Å². The Morgan fingerprint density at radius 3 is 2.30 bits per heavy atom. The van der Waals surface area contributed by atoms with Gasteiger partial charge in [0, 0.05) is 12.6 Å². The van der Waals surface area contributed by atoms with E-state index >= 15 is 0 Å². The quantitative estimate of drug-likeness (QED) is 0.620. The van der Waals surface area contributed by atoms with E-state index in [1.54, 1.807) is 19.1 Å². The molecule has 7 heteroatoms. The van der Waals surface area contributed by atoms with Crippen LogP contribution in [-0.2, 0) is 10.0 Å². The summed E-state index contributed by atoms with van der Waals surface area (Å²) in [7, 11) is -4.02. The monoisotopic (exact) mass is 334 g/mol. The van der Waals surface area contributed by atoms with Gasteiger partial charge in [-0.1, -0.05) is 18.2 Å². The number of nitro benzene ring substituents is 1. The number of para-hydroxylation sites is 1. The Bertz CT molecular complexity index is 847. The fraction of sp³-hybridized carbons (Fsp3) is 0.250. The highest BCUT2D eigenvalue weighted by molar-refractivity contribution is 7.93. The number of benzene rings is 2. The summed E-state index contributed by atoms with van der Waals surface area (Å²) in [4.78, 5) is 10.2. The lowest BCUT2D eigenvalue weighted by Gasteiger charge is -2.23. The summed E-state index contributed by atoms with van der Waals surface area (Å²) in [6, 6.07) is 10.7. The van der Waals surface area contributed by atoms with Crippen LogP contribution in [0.4, 0.5) is 11.4 Å². The van der Waals surface area contributed by atoms with Crippen LogP contribution in [0.5, 0.6) is 0 Å². The number of anilines is 1. The molecule has 0 unspecified atom stereocenters. The van der Waals surface area contributed by atoms with Crippen molar-refractivity contribution in [2.24, 2.45) is 0 Å². The largest absolute Gasteiger partial charge is 0.289 e. The minimum atomic E-state index is -4.02. The Morgan fingerprint density at radius 1 is 1.09 bits per heavy atom. The molecule has 0 spiro atoms. The second-order valence-corrected chi connectivity index (χ2v) is 6.99. The molecule has 0 N–H and O–H groups in total. The summed E-state index contributed by atoms with van der Waals surface area (Å²) in [5, 5.41) is 11.1. The van der Waals surface area contributed by atoms with E-state index in [1.165, 1.54) is 28.6 Å². The van der Waals surface area contributed by atoms with Gasteiger partial charge in [-0.25, -0.2) is 8.42 Å². The van der Waals surface area contributed by atoms with E-state index in [1.807, 2.05) is 19.9 Å². The normalized spacial score (nSPS) is 11.3. The van der Waals surface area contributed by atoms with E-state index in [4.69, 9.17) is 0 Å². The first-order valence-corrected chi connectivity index (χ1v) is 8.56. The van der Waals surface area contributed by atoms with Crippen molar-refractivity contribution < 1.29 is 13.3 Å². The summed E-state index contributed by atoms with van der Waals surface area (Å²) in [5.41, 5.74) is 2.08. The van der Waals surface area contributed by atoms with Gasteiger partial charge >= 0.3 is 0 Å². The van der Waals surface area contributed by atoms with Gasteiger partial charge in [0.15, 0.2) is 4.90 Å². The summed E-state index contributed by atoms with van der Waals surface area (Å²) >= 11 is 0. The zero-order valence-electron chi connectivity index (χ0n) is 13.2. The first-order valence-electron chi connectivity index (χ1n) is 7.12. The van der Waals surface area contributed by atoms with Crippen LogP contribution >= 0.6 is 0 Å². The Balaban J connectivity index is 2.60. The SMILES string of the molecule is CCN(c1ccc(C)c(C)c1)S(=O)(=O)c1ccccc1[N+](=O)[O-]. The van der Waals surface area contributed by atoms with E-state index in [-0.39, 0.29) is 11.4 Å². The Morgan fingerprint density at radius 2 is 1.74 bits per heavy atom. The highest BCUT2D eigenvalue weighted by Crippen LogP contribution is 2.30. The van der Waals surface area contributed by atoms with Crippen LogP contribution in [0.3, 0.4) is 0 Å². The molecule has 2 aromatic carbocycles. The first kappa shape index (κ1) is 17.0. The van der Waals surface area contributed by atoms with Crippen LogP contribution in [0.15, 0.2) is 47.4 Å². The van der Waals surface area contributed by atoms with E-state index in [2.05, 4.69) is 0 Å². The summed E-state index contributed by atoms with van der Waals surface area (Å²) < 4.78 is 27.0. The van der Waals surface area contributed by atoms with Gasteiger partial charge in [0.25, 0.3) is 15.7 Å². The smallest absolute Gasteiger partial charge is 0.266 e. The molecule has 23 heavy (non-hydrogen) atoms. The number of sulfonamides is 1. The van der Waals surface area contributed by atoms with E-state index in [9.17, 15) is 18.5 Å². The molecule has 2 aromatic rings. The van der Waals surface area contributed by atoms with E-state index < -0.39 is 20.6 Å². The summed E-state index contributed by atoms with van der Waals surface area (Å²) in [6.07, 6.45) is 0. The Hall–Kier alpha value is -2.41. The van der Waals surface area contributed by atoms with Crippen LogP contribution in [-0.4, -0.2) is 19.9 Å². The number of nitro groups is 1. The van der Waals surface area contributed by atoms with Crippen molar-refractivity contribution in [3.05, 3.63) is 63.7 Å². The van der Waals surface area contributed by atoms with Crippen molar-refractivity contribution in [1.82, 2.24) is 0 Å². The van der Waals surface area contributed by atoms with Gasteiger partial charge < -0.3 is 0 Å². The molecule has 0 amide bonds. The summed E-state index contributed by atoms with van der Waals surface area (Å²) in [6.45, 7) is 5.70. The molecule has 0 bridgehead atoms. The van der Waals surface area contributed by atoms with Crippen molar-refractivity contribution >= 4 is 21.4 Å². The molecule has 122 valence electrons. The van der Waals surface area contributed by atoms with Gasteiger partial charge in [-0.15, -0.1) is 0 Å². The van der Waals surface area contributed by atoms with Crippen molar-refractivity contribution in [3.63, 3.8) is 0 Å². The van der Waals surface area contributed by atoms with Gasteiger partial charge in [-0.2, -0.15) is 0 Å². The predicted octanol–water partition coefficient (Wildman–Crippen LogP) is 3.43. The second-order valence-electron chi connectivity index (χ2n) is 5.16. The molecule has 0 aliphatic rings. The molecule has 0 fully saturated rings. The van der Waals surface area contributed by atoms with Crippen LogP contribution in [0.25, 0.3) is 0 Å². The van der Waals surface area contributed by atoms with Crippen LogP contribution < -0.4 is 4.31 Å². The number of aryl methyl sites for hydroxylation is 2. The maximum absolute atomic E-state index is 12.9.